The second kappa shape index (κ2) is 6.01. The van der Waals surface area contributed by atoms with Gasteiger partial charge in [0.15, 0.2) is 5.82 Å². The first kappa shape index (κ1) is 16.4. The molecule has 4 rings (SSSR count). The molecule has 2 aliphatic rings. The molecule has 0 spiro atoms. The molecule has 1 atom stereocenters. The highest BCUT2D eigenvalue weighted by atomic mass is 15.5. The van der Waals surface area contributed by atoms with Gasteiger partial charge in [0.05, 0.1) is 6.20 Å². The molecule has 132 valence electrons. The molecule has 1 unspecified atom stereocenters. The van der Waals surface area contributed by atoms with Crippen molar-refractivity contribution in [2.75, 3.05) is 9.80 Å². The predicted molar refractivity (Wildman–Crippen MR) is 104 cm³/mol. The fourth-order valence-corrected chi connectivity index (χ4v) is 4.93. The number of aromatic nitrogens is 2. The van der Waals surface area contributed by atoms with Crippen LogP contribution in [0.4, 0.5) is 17.2 Å². The Hall–Kier alpha value is -2.10. The summed E-state index contributed by atoms with van der Waals surface area (Å²) in [4.78, 5) is 14.0. The van der Waals surface area contributed by atoms with Crippen molar-refractivity contribution in [3.8, 4) is 0 Å². The van der Waals surface area contributed by atoms with Crippen molar-refractivity contribution >= 4 is 17.2 Å². The van der Waals surface area contributed by atoms with Gasteiger partial charge < -0.3 is 9.80 Å². The van der Waals surface area contributed by atoms with Crippen LogP contribution in [0.3, 0.4) is 0 Å². The summed E-state index contributed by atoms with van der Waals surface area (Å²) in [6.07, 6.45) is 8.70. The Bertz CT molecular complexity index is 766. The van der Waals surface area contributed by atoms with Crippen molar-refractivity contribution in [3.63, 3.8) is 0 Å². The van der Waals surface area contributed by atoms with Crippen molar-refractivity contribution < 1.29 is 0 Å². The van der Waals surface area contributed by atoms with Gasteiger partial charge in [0.2, 0.25) is 0 Å². The van der Waals surface area contributed by atoms with E-state index in [9.17, 15) is 0 Å². The summed E-state index contributed by atoms with van der Waals surface area (Å²) in [5, 5.41) is 0. The van der Waals surface area contributed by atoms with Crippen LogP contribution in [0.2, 0.25) is 0 Å². The highest BCUT2D eigenvalue weighted by Crippen LogP contribution is 2.52. The second-order valence-corrected chi connectivity index (χ2v) is 7.63. The first-order chi connectivity index (χ1) is 12.1. The van der Waals surface area contributed by atoms with Crippen LogP contribution in [0, 0.1) is 0 Å². The number of fused-ring (bicyclic) bond motifs is 5. The largest absolute Gasteiger partial charge is 0.344 e. The molecule has 0 fully saturated rings. The molecule has 3 heterocycles. The van der Waals surface area contributed by atoms with Gasteiger partial charge >= 0.3 is 0 Å². The van der Waals surface area contributed by atoms with E-state index in [2.05, 4.69) is 71.7 Å². The van der Waals surface area contributed by atoms with Gasteiger partial charge in [0, 0.05) is 11.7 Å². The topological polar surface area (TPSA) is 32.3 Å². The average Bonchev–Trinajstić information content (AvgIpc) is 2.90. The zero-order valence-electron chi connectivity index (χ0n) is 15.7. The summed E-state index contributed by atoms with van der Waals surface area (Å²) in [5.74, 6) is 1.06. The van der Waals surface area contributed by atoms with Crippen molar-refractivity contribution in [1.82, 2.24) is 9.97 Å². The molecule has 2 aliphatic heterocycles. The molecule has 1 aromatic heterocycles. The summed E-state index contributed by atoms with van der Waals surface area (Å²) >= 11 is 0. The maximum Gasteiger partial charge on any atom is 0.161 e. The van der Waals surface area contributed by atoms with Gasteiger partial charge in [-0.05, 0) is 56.6 Å². The standard InChI is InChI=1S/C21H28N4/c1-5-21(6-2)12-11-19-24(15(3)4)18-13-22-14-23-20(18)25(19)17-10-8-7-9-16(17)21/h7-10,13-15,19H,5-6,11-12H2,1-4H3. The third-order valence-electron chi connectivity index (χ3n) is 6.32. The molecular formula is C21H28N4. The molecule has 0 amide bonds. The van der Waals surface area contributed by atoms with Crippen LogP contribution < -0.4 is 9.80 Å². The zero-order valence-corrected chi connectivity index (χ0v) is 15.7. The van der Waals surface area contributed by atoms with Crippen LogP contribution in [-0.2, 0) is 5.41 Å². The Morgan fingerprint density at radius 3 is 2.64 bits per heavy atom. The summed E-state index contributed by atoms with van der Waals surface area (Å²) in [6, 6.07) is 9.39. The third kappa shape index (κ3) is 2.26. The van der Waals surface area contributed by atoms with Crippen LogP contribution in [0.5, 0.6) is 0 Å². The van der Waals surface area contributed by atoms with Gasteiger partial charge in [0.1, 0.15) is 18.2 Å². The molecule has 0 N–H and O–H groups in total. The normalized spacial score (nSPS) is 20.9. The molecule has 2 aromatic rings. The van der Waals surface area contributed by atoms with E-state index < -0.39 is 0 Å². The lowest BCUT2D eigenvalue weighted by Gasteiger charge is -2.34. The Balaban J connectivity index is 1.95. The van der Waals surface area contributed by atoms with Crippen molar-refractivity contribution in [1.29, 1.82) is 0 Å². The molecule has 1 aromatic carbocycles. The Morgan fingerprint density at radius 2 is 1.92 bits per heavy atom. The molecule has 0 saturated heterocycles. The molecule has 0 bridgehead atoms. The molecule has 25 heavy (non-hydrogen) atoms. The maximum atomic E-state index is 4.69. The van der Waals surface area contributed by atoms with E-state index >= 15 is 0 Å². The number of rotatable bonds is 3. The third-order valence-corrected chi connectivity index (χ3v) is 6.32. The van der Waals surface area contributed by atoms with Gasteiger partial charge in [0.25, 0.3) is 0 Å². The number of nitrogens with zero attached hydrogens (tertiary/aromatic N) is 4. The summed E-state index contributed by atoms with van der Waals surface area (Å²) in [6.45, 7) is 9.22. The number of benzene rings is 1. The Kier molecular flexibility index (Phi) is 3.94. The van der Waals surface area contributed by atoms with Crippen molar-refractivity contribution in [3.05, 3.63) is 42.4 Å². The van der Waals surface area contributed by atoms with Gasteiger partial charge in [-0.3, -0.25) is 0 Å². The summed E-state index contributed by atoms with van der Waals surface area (Å²) < 4.78 is 0. The number of para-hydroxylation sites is 1. The van der Waals surface area contributed by atoms with Crippen molar-refractivity contribution in [2.24, 2.45) is 0 Å². The molecule has 0 saturated carbocycles. The van der Waals surface area contributed by atoms with E-state index in [0.717, 1.165) is 17.9 Å². The number of hydrogen-bond acceptors (Lipinski definition) is 4. The first-order valence-corrected chi connectivity index (χ1v) is 9.60. The van der Waals surface area contributed by atoms with E-state index in [1.54, 1.807) is 6.33 Å². The molecule has 0 radical (unpaired) electrons. The van der Waals surface area contributed by atoms with Crippen LogP contribution in [0.15, 0.2) is 36.8 Å². The first-order valence-electron chi connectivity index (χ1n) is 9.60. The fourth-order valence-electron chi connectivity index (χ4n) is 4.93. The number of anilines is 3. The lowest BCUT2D eigenvalue weighted by Crippen LogP contribution is -2.44. The smallest absolute Gasteiger partial charge is 0.161 e. The molecular weight excluding hydrogens is 308 g/mol. The minimum absolute atomic E-state index is 0.261. The molecule has 4 nitrogen and oxygen atoms in total. The second-order valence-electron chi connectivity index (χ2n) is 7.63. The average molecular weight is 336 g/mol. The quantitative estimate of drug-likeness (QED) is 0.787. The van der Waals surface area contributed by atoms with Gasteiger partial charge in [-0.25, -0.2) is 9.97 Å². The van der Waals surface area contributed by atoms with Crippen LogP contribution in [-0.4, -0.2) is 22.2 Å². The SMILES string of the molecule is CCC1(CC)CCC2N(c3ccccc31)c1ncncc1N2C(C)C. The minimum Gasteiger partial charge on any atom is -0.344 e. The predicted octanol–water partition coefficient (Wildman–Crippen LogP) is 5.02. The maximum absolute atomic E-state index is 4.69. The number of hydrogen-bond donors (Lipinski definition) is 0. The minimum atomic E-state index is 0.261. The zero-order chi connectivity index (χ0) is 17.6. The summed E-state index contributed by atoms with van der Waals surface area (Å²) in [7, 11) is 0. The molecule has 0 aliphatic carbocycles. The van der Waals surface area contributed by atoms with Gasteiger partial charge in [-0.15, -0.1) is 0 Å². The van der Waals surface area contributed by atoms with Crippen LogP contribution in [0.25, 0.3) is 0 Å². The Morgan fingerprint density at radius 1 is 1.16 bits per heavy atom. The van der Waals surface area contributed by atoms with Gasteiger partial charge in [-0.1, -0.05) is 32.0 Å². The monoisotopic (exact) mass is 336 g/mol. The highest BCUT2D eigenvalue weighted by molar-refractivity contribution is 5.82. The Labute approximate surface area is 150 Å². The highest BCUT2D eigenvalue weighted by Gasteiger charge is 2.45. The van der Waals surface area contributed by atoms with Crippen molar-refractivity contribution in [2.45, 2.75) is 71.0 Å². The van der Waals surface area contributed by atoms with E-state index in [1.807, 2.05) is 6.20 Å². The van der Waals surface area contributed by atoms with Crippen LogP contribution in [0.1, 0.15) is 58.9 Å². The fraction of sp³-hybridized carbons (Fsp3) is 0.524. The van der Waals surface area contributed by atoms with Crippen LogP contribution >= 0.6 is 0 Å². The van der Waals surface area contributed by atoms with Gasteiger partial charge in [-0.2, -0.15) is 0 Å². The lowest BCUT2D eigenvalue weighted by atomic mass is 9.72. The van der Waals surface area contributed by atoms with E-state index in [1.165, 1.54) is 30.5 Å². The summed E-state index contributed by atoms with van der Waals surface area (Å²) in [5.41, 5.74) is 4.24. The molecule has 4 heteroatoms. The van der Waals surface area contributed by atoms with E-state index in [0.29, 0.717) is 12.2 Å². The van der Waals surface area contributed by atoms with E-state index in [-0.39, 0.29) is 5.41 Å². The lowest BCUT2D eigenvalue weighted by molar-refractivity contribution is 0.349. The van der Waals surface area contributed by atoms with E-state index in [4.69, 9.17) is 0 Å².